The Labute approximate surface area is 109 Å². The third-order valence-electron chi connectivity index (χ3n) is 2.31. The van der Waals surface area contributed by atoms with Gasteiger partial charge in [0.05, 0.1) is 5.41 Å². The topological polar surface area (TPSA) is 110 Å². The molecule has 0 saturated carbocycles. The number of carbonyl (C=O) groups is 2. The van der Waals surface area contributed by atoms with Crippen molar-refractivity contribution in [2.24, 2.45) is 11.1 Å². The first-order valence-electron chi connectivity index (χ1n) is 5.52. The van der Waals surface area contributed by atoms with Crippen molar-refractivity contribution in [2.75, 3.05) is 18.4 Å². The molecule has 2 amide bonds. The highest BCUT2D eigenvalue weighted by molar-refractivity contribution is 7.17. The highest BCUT2D eigenvalue weighted by Crippen LogP contribution is 2.16. The summed E-state index contributed by atoms with van der Waals surface area (Å²) >= 11 is 1.16. The summed E-state index contributed by atoms with van der Waals surface area (Å²) < 4.78 is 0. The van der Waals surface area contributed by atoms with E-state index in [1.807, 2.05) is 6.92 Å². The van der Waals surface area contributed by atoms with Gasteiger partial charge in [0.1, 0.15) is 0 Å². The van der Waals surface area contributed by atoms with Gasteiger partial charge >= 0.3 is 0 Å². The van der Waals surface area contributed by atoms with E-state index < -0.39 is 11.3 Å². The number of hydrogen-bond acceptors (Lipinski definition) is 6. The molecule has 0 unspecified atom stereocenters. The number of amides is 2. The van der Waals surface area contributed by atoms with Crippen LogP contribution in [0.4, 0.5) is 5.13 Å². The average Bonchev–Trinajstić information content (AvgIpc) is 2.75. The molecule has 0 saturated heterocycles. The van der Waals surface area contributed by atoms with E-state index in [2.05, 4.69) is 20.8 Å². The molecule has 0 radical (unpaired) electrons. The van der Waals surface area contributed by atoms with Crippen LogP contribution in [0.5, 0.6) is 0 Å². The molecule has 1 aromatic heterocycles. The summed E-state index contributed by atoms with van der Waals surface area (Å²) in [6.07, 6.45) is 0. The largest absolute Gasteiger partial charge is 0.369 e. The van der Waals surface area contributed by atoms with Crippen LogP contribution in [0.3, 0.4) is 0 Å². The van der Waals surface area contributed by atoms with Gasteiger partial charge in [-0.15, -0.1) is 10.2 Å². The first-order valence-corrected chi connectivity index (χ1v) is 6.34. The predicted molar refractivity (Wildman–Crippen MR) is 69.4 cm³/mol. The Bertz CT molecular complexity index is 443. The number of nitrogens with one attached hydrogen (secondary N) is 2. The zero-order valence-electron chi connectivity index (χ0n) is 10.6. The van der Waals surface area contributed by atoms with Crippen LogP contribution in [-0.2, 0) is 4.79 Å². The second-order valence-corrected chi connectivity index (χ2v) is 5.35. The van der Waals surface area contributed by atoms with Gasteiger partial charge in [-0.2, -0.15) is 0 Å². The van der Waals surface area contributed by atoms with Gasteiger partial charge in [0.2, 0.25) is 16.0 Å². The maximum atomic E-state index is 11.7. The van der Waals surface area contributed by atoms with Crippen molar-refractivity contribution in [3.8, 4) is 0 Å². The molecule has 100 valence electrons. The number of anilines is 1. The fourth-order valence-electron chi connectivity index (χ4n) is 1.00. The standard InChI is InChI=1S/C10H17N5O2S/c1-4-12-9-15-14-7(18-9)6(16)13-5-10(2,3)8(11)17/h4-5H2,1-3H3,(H2,11,17)(H,12,15)(H,13,16). The van der Waals surface area contributed by atoms with Crippen molar-refractivity contribution in [1.29, 1.82) is 0 Å². The summed E-state index contributed by atoms with van der Waals surface area (Å²) in [5.41, 5.74) is 4.43. The van der Waals surface area contributed by atoms with Gasteiger partial charge in [-0.05, 0) is 20.8 Å². The fraction of sp³-hybridized carbons (Fsp3) is 0.600. The summed E-state index contributed by atoms with van der Waals surface area (Å²) in [5, 5.41) is 14.0. The minimum Gasteiger partial charge on any atom is -0.369 e. The quantitative estimate of drug-likeness (QED) is 0.685. The van der Waals surface area contributed by atoms with Crippen LogP contribution in [0.15, 0.2) is 0 Å². The lowest BCUT2D eigenvalue weighted by molar-refractivity contribution is -0.125. The first-order chi connectivity index (χ1) is 8.36. The number of hydrogen-bond donors (Lipinski definition) is 3. The van der Waals surface area contributed by atoms with Crippen LogP contribution in [0, 0.1) is 5.41 Å². The van der Waals surface area contributed by atoms with Gasteiger partial charge in [-0.3, -0.25) is 9.59 Å². The van der Waals surface area contributed by atoms with Gasteiger partial charge in [0.15, 0.2) is 0 Å². The maximum Gasteiger partial charge on any atom is 0.282 e. The van der Waals surface area contributed by atoms with Crippen molar-refractivity contribution in [3.05, 3.63) is 5.01 Å². The number of nitrogens with zero attached hydrogens (tertiary/aromatic N) is 2. The van der Waals surface area contributed by atoms with E-state index in [1.165, 1.54) is 0 Å². The molecule has 0 aromatic carbocycles. The molecule has 0 aliphatic carbocycles. The number of nitrogens with two attached hydrogens (primary N) is 1. The normalized spacial score (nSPS) is 11.1. The van der Waals surface area contributed by atoms with Crippen LogP contribution in [-0.4, -0.2) is 35.1 Å². The summed E-state index contributed by atoms with van der Waals surface area (Å²) in [4.78, 5) is 22.8. The van der Waals surface area contributed by atoms with Crippen LogP contribution in [0.25, 0.3) is 0 Å². The fourth-order valence-corrected chi connectivity index (χ4v) is 1.73. The molecule has 18 heavy (non-hydrogen) atoms. The highest BCUT2D eigenvalue weighted by Gasteiger charge is 2.26. The summed E-state index contributed by atoms with van der Waals surface area (Å²) in [6, 6.07) is 0. The molecule has 0 fully saturated rings. The molecule has 0 atom stereocenters. The molecular weight excluding hydrogens is 254 g/mol. The summed E-state index contributed by atoms with van der Waals surface area (Å²) in [5.74, 6) is -0.820. The third kappa shape index (κ3) is 3.66. The Morgan fingerprint density at radius 2 is 2.06 bits per heavy atom. The van der Waals surface area contributed by atoms with E-state index in [1.54, 1.807) is 13.8 Å². The van der Waals surface area contributed by atoms with Crippen LogP contribution < -0.4 is 16.4 Å². The lowest BCUT2D eigenvalue weighted by atomic mass is 9.93. The Morgan fingerprint density at radius 3 is 2.61 bits per heavy atom. The number of rotatable bonds is 6. The SMILES string of the molecule is CCNc1nnc(C(=O)NCC(C)(C)C(N)=O)s1. The number of primary amides is 1. The monoisotopic (exact) mass is 271 g/mol. The Morgan fingerprint density at radius 1 is 1.39 bits per heavy atom. The minimum atomic E-state index is -0.787. The zero-order chi connectivity index (χ0) is 13.8. The van der Waals surface area contributed by atoms with Gasteiger partial charge in [-0.25, -0.2) is 0 Å². The van der Waals surface area contributed by atoms with Gasteiger partial charge in [-0.1, -0.05) is 11.3 Å². The molecule has 0 aliphatic rings. The van der Waals surface area contributed by atoms with E-state index in [4.69, 9.17) is 5.73 Å². The number of carbonyl (C=O) groups excluding carboxylic acids is 2. The molecule has 1 rings (SSSR count). The lowest BCUT2D eigenvalue weighted by Crippen LogP contribution is -2.42. The Hall–Kier alpha value is -1.70. The van der Waals surface area contributed by atoms with Crippen molar-refractivity contribution in [3.63, 3.8) is 0 Å². The van der Waals surface area contributed by atoms with Crippen molar-refractivity contribution >= 4 is 28.3 Å². The second kappa shape index (κ2) is 5.76. The molecule has 7 nitrogen and oxygen atoms in total. The average molecular weight is 271 g/mol. The van der Waals surface area contributed by atoms with E-state index in [0.29, 0.717) is 11.7 Å². The molecule has 0 aliphatic heterocycles. The molecule has 0 bridgehead atoms. The second-order valence-electron chi connectivity index (χ2n) is 4.37. The van der Waals surface area contributed by atoms with Crippen LogP contribution in [0.2, 0.25) is 0 Å². The molecule has 1 heterocycles. The first kappa shape index (κ1) is 14.4. The zero-order valence-corrected chi connectivity index (χ0v) is 11.4. The van der Waals surface area contributed by atoms with E-state index in [-0.39, 0.29) is 17.5 Å². The maximum absolute atomic E-state index is 11.7. The van der Waals surface area contributed by atoms with Crippen molar-refractivity contribution < 1.29 is 9.59 Å². The molecular formula is C10H17N5O2S. The van der Waals surface area contributed by atoms with Crippen molar-refractivity contribution in [1.82, 2.24) is 15.5 Å². The van der Waals surface area contributed by atoms with E-state index >= 15 is 0 Å². The molecule has 0 spiro atoms. The highest BCUT2D eigenvalue weighted by atomic mass is 32.1. The van der Waals surface area contributed by atoms with E-state index in [0.717, 1.165) is 11.3 Å². The molecule has 1 aromatic rings. The Balaban J connectivity index is 2.57. The van der Waals surface area contributed by atoms with E-state index in [9.17, 15) is 9.59 Å². The minimum absolute atomic E-state index is 0.164. The third-order valence-corrected chi connectivity index (χ3v) is 3.18. The Kier molecular flexibility index (Phi) is 4.60. The van der Waals surface area contributed by atoms with Crippen LogP contribution >= 0.6 is 11.3 Å². The van der Waals surface area contributed by atoms with Crippen LogP contribution in [0.1, 0.15) is 30.6 Å². The summed E-state index contributed by atoms with van der Waals surface area (Å²) in [6.45, 7) is 6.14. The molecule has 8 heteroatoms. The number of aromatic nitrogens is 2. The lowest BCUT2D eigenvalue weighted by Gasteiger charge is -2.20. The molecule has 4 N–H and O–H groups in total. The van der Waals surface area contributed by atoms with Gasteiger partial charge in [0.25, 0.3) is 5.91 Å². The predicted octanol–water partition coefficient (Wildman–Crippen LogP) is 0.211. The summed E-state index contributed by atoms with van der Waals surface area (Å²) in [7, 11) is 0. The smallest absolute Gasteiger partial charge is 0.282 e. The van der Waals surface area contributed by atoms with Gasteiger partial charge in [0, 0.05) is 13.1 Å². The van der Waals surface area contributed by atoms with Gasteiger partial charge < -0.3 is 16.4 Å². The van der Waals surface area contributed by atoms with Crippen molar-refractivity contribution in [2.45, 2.75) is 20.8 Å².